The van der Waals surface area contributed by atoms with E-state index in [1.807, 2.05) is 0 Å². The van der Waals surface area contributed by atoms with Gasteiger partial charge < -0.3 is 21.7 Å². The third-order valence-corrected chi connectivity index (χ3v) is 2.74. The standard InChI is InChI=1S/C11H22N4O2/c1-7-5-14-8(6-13-7)10(17)15-11(2,3)4-9(12)16/h7-8,13-14H,4-6H2,1-3H3,(H2,12,16)(H,15,17). The lowest BCUT2D eigenvalue weighted by molar-refractivity contribution is -0.126. The molecule has 2 amide bonds. The molecule has 0 spiro atoms. The van der Waals surface area contributed by atoms with Gasteiger partial charge in [0.15, 0.2) is 0 Å². The Morgan fingerprint density at radius 3 is 2.47 bits per heavy atom. The van der Waals surface area contributed by atoms with Crippen LogP contribution >= 0.6 is 0 Å². The Hall–Kier alpha value is -1.14. The summed E-state index contributed by atoms with van der Waals surface area (Å²) in [4.78, 5) is 22.8. The number of carbonyl (C=O) groups excluding carboxylic acids is 2. The highest BCUT2D eigenvalue weighted by Crippen LogP contribution is 2.08. The molecule has 0 aromatic heterocycles. The molecule has 0 aromatic rings. The summed E-state index contributed by atoms with van der Waals surface area (Å²) in [5, 5.41) is 9.21. The van der Waals surface area contributed by atoms with Crippen molar-refractivity contribution in [2.45, 2.75) is 44.8 Å². The van der Waals surface area contributed by atoms with Gasteiger partial charge in [0.25, 0.3) is 0 Å². The minimum atomic E-state index is -0.604. The summed E-state index contributed by atoms with van der Waals surface area (Å²) >= 11 is 0. The van der Waals surface area contributed by atoms with E-state index in [0.717, 1.165) is 6.54 Å². The van der Waals surface area contributed by atoms with E-state index in [4.69, 9.17) is 5.73 Å². The Bertz CT molecular complexity index is 296. The Morgan fingerprint density at radius 2 is 2.00 bits per heavy atom. The van der Waals surface area contributed by atoms with E-state index < -0.39 is 11.4 Å². The molecule has 17 heavy (non-hydrogen) atoms. The molecule has 1 rings (SSSR count). The third-order valence-electron chi connectivity index (χ3n) is 2.74. The van der Waals surface area contributed by atoms with E-state index >= 15 is 0 Å². The van der Waals surface area contributed by atoms with Crippen molar-refractivity contribution >= 4 is 11.8 Å². The Morgan fingerprint density at radius 1 is 1.35 bits per heavy atom. The van der Waals surface area contributed by atoms with Crippen LogP contribution in [0.3, 0.4) is 0 Å². The van der Waals surface area contributed by atoms with Gasteiger partial charge in [-0.15, -0.1) is 0 Å². The smallest absolute Gasteiger partial charge is 0.238 e. The van der Waals surface area contributed by atoms with Crippen molar-refractivity contribution in [2.75, 3.05) is 13.1 Å². The minimum Gasteiger partial charge on any atom is -0.370 e. The van der Waals surface area contributed by atoms with Crippen LogP contribution in [0.5, 0.6) is 0 Å². The van der Waals surface area contributed by atoms with Gasteiger partial charge >= 0.3 is 0 Å². The van der Waals surface area contributed by atoms with E-state index in [0.29, 0.717) is 12.6 Å². The second-order valence-corrected chi connectivity index (χ2v) is 5.29. The molecule has 1 saturated heterocycles. The summed E-state index contributed by atoms with van der Waals surface area (Å²) in [5.41, 5.74) is 4.53. The first-order valence-corrected chi connectivity index (χ1v) is 5.87. The number of hydrogen-bond donors (Lipinski definition) is 4. The van der Waals surface area contributed by atoms with Crippen LogP contribution in [0.2, 0.25) is 0 Å². The van der Waals surface area contributed by atoms with Gasteiger partial charge in [-0.3, -0.25) is 9.59 Å². The monoisotopic (exact) mass is 242 g/mol. The van der Waals surface area contributed by atoms with Gasteiger partial charge in [-0.25, -0.2) is 0 Å². The average molecular weight is 242 g/mol. The van der Waals surface area contributed by atoms with E-state index in [-0.39, 0.29) is 18.4 Å². The lowest BCUT2D eigenvalue weighted by atomic mass is 9.99. The van der Waals surface area contributed by atoms with Crippen LogP contribution in [0.1, 0.15) is 27.2 Å². The van der Waals surface area contributed by atoms with Crippen LogP contribution in [0.15, 0.2) is 0 Å². The largest absolute Gasteiger partial charge is 0.370 e. The summed E-state index contributed by atoms with van der Waals surface area (Å²) in [6, 6.07) is 0.121. The van der Waals surface area contributed by atoms with E-state index in [2.05, 4.69) is 22.9 Å². The van der Waals surface area contributed by atoms with Crippen molar-refractivity contribution in [1.29, 1.82) is 0 Å². The molecule has 0 aromatic carbocycles. The maximum Gasteiger partial charge on any atom is 0.238 e. The SMILES string of the molecule is CC1CNC(C(=O)NC(C)(C)CC(N)=O)CN1. The molecule has 2 atom stereocenters. The minimum absolute atomic E-state index is 0.101. The molecule has 1 aliphatic heterocycles. The predicted octanol–water partition coefficient (Wildman–Crippen LogP) is -1.29. The zero-order valence-corrected chi connectivity index (χ0v) is 10.7. The Balaban J connectivity index is 2.45. The van der Waals surface area contributed by atoms with Crippen molar-refractivity contribution in [3.8, 4) is 0 Å². The lowest BCUT2D eigenvalue weighted by Gasteiger charge is -2.32. The van der Waals surface area contributed by atoms with Gasteiger partial charge in [0.1, 0.15) is 0 Å². The normalized spacial score (nSPS) is 25.4. The summed E-state index contributed by atoms with van der Waals surface area (Å²) < 4.78 is 0. The summed E-state index contributed by atoms with van der Waals surface area (Å²) in [6.45, 7) is 6.98. The first-order valence-electron chi connectivity index (χ1n) is 5.87. The van der Waals surface area contributed by atoms with Gasteiger partial charge in [-0.2, -0.15) is 0 Å². The fourth-order valence-corrected chi connectivity index (χ4v) is 1.87. The van der Waals surface area contributed by atoms with Crippen LogP contribution in [0, 0.1) is 0 Å². The Kier molecular flexibility index (Phi) is 4.47. The zero-order chi connectivity index (χ0) is 13.1. The first kappa shape index (κ1) is 13.9. The number of nitrogens with two attached hydrogens (primary N) is 1. The molecule has 0 saturated carbocycles. The molecule has 98 valence electrons. The molecule has 0 bridgehead atoms. The number of piperazine rings is 1. The van der Waals surface area contributed by atoms with E-state index in [9.17, 15) is 9.59 Å². The number of nitrogens with one attached hydrogen (secondary N) is 3. The molecule has 1 fully saturated rings. The van der Waals surface area contributed by atoms with E-state index in [1.165, 1.54) is 0 Å². The summed E-state index contributed by atoms with van der Waals surface area (Å²) in [6.07, 6.45) is 0.134. The molecule has 1 aliphatic rings. The van der Waals surface area contributed by atoms with Crippen molar-refractivity contribution < 1.29 is 9.59 Å². The summed E-state index contributed by atoms with van der Waals surface area (Å²) in [5.74, 6) is -0.519. The topological polar surface area (TPSA) is 96.2 Å². The number of hydrogen-bond acceptors (Lipinski definition) is 4. The van der Waals surface area contributed by atoms with Crippen LogP contribution in [0.4, 0.5) is 0 Å². The maximum atomic E-state index is 11.9. The number of amides is 2. The molecular weight excluding hydrogens is 220 g/mol. The number of carbonyl (C=O) groups is 2. The van der Waals surface area contributed by atoms with Crippen molar-refractivity contribution in [3.63, 3.8) is 0 Å². The van der Waals surface area contributed by atoms with Gasteiger partial charge in [0.2, 0.25) is 11.8 Å². The van der Waals surface area contributed by atoms with E-state index in [1.54, 1.807) is 13.8 Å². The number of primary amides is 1. The van der Waals surface area contributed by atoms with Crippen molar-refractivity contribution in [3.05, 3.63) is 0 Å². The molecule has 6 heteroatoms. The molecule has 5 N–H and O–H groups in total. The van der Waals surface area contributed by atoms with Crippen molar-refractivity contribution in [2.24, 2.45) is 5.73 Å². The fourth-order valence-electron chi connectivity index (χ4n) is 1.87. The van der Waals surface area contributed by atoms with Gasteiger partial charge in [-0.1, -0.05) is 0 Å². The molecule has 0 radical (unpaired) electrons. The predicted molar refractivity (Wildman–Crippen MR) is 65.3 cm³/mol. The van der Waals surface area contributed by atoms with Crippen LogP contribution in [-0.4, -0.2) is 42.5 Å². The highest BCUT2D eigenvalue weighted by molar-refractivity contribution is 5.84. The van der Waals surface area contributed by atoms with Crippen LogP contribution < -0.4 is 21.7 Å². The fraction of sp³-hybridized carbons (Fsp3) is 0.818. The second kappa shape index (κ2) is 5.46. The Labute approximate surface area is 102 Å². The number of rotatable bonds is 4. The molecule has 2 unspecified atom stereocenters. The highest BCUT2D eigenvalue weighted by atomic mass is 16.2. The van der Waals surface area contributed by atoms with Gasteiger partial charge in [0, 0.05) is 31.1 Å². The summed E-state index contributed by atoms with van der Waals surface area (Å²) in [7, 11) is 0. The molecular formula is C11H22N4O2. The van der Waals surface area contributed by atoms with Gasteiger partial charge in [-0.05, 0) is 20.8 Å². The highest BCUT2D eigenvalue weighted by Gasteiger charge is 2.29. The van der Waals surface area contributed by atoms with Crippen molar-refractivity contribution in [1.82, 2.24) is 16.0 Å². The molecule has 6 nitrogen and oxygen atoms in total. The third kappa shape index (κ3) is 4.70. The zero-order valence-electron chi connectivity index (χ0n) is 10.7. The van der Waals surface area contributed by atoms with Crippen LogP contribution in [-0.2, 0) is 9.59 Å². The lowest BCUT2D eigenvalue weighted by Crippen LogP contribution is -2.61. The van der Waals surface area contributed by atoms with Crippen LogP contribution in [0.25, 0.3) is 0 Å². The maximum absolute atomic E-state index is 11.9. The average Bonchev–Trinajstić information content (AvgIpc) is 2.15. The van der Waals surface area contributed by atoms with Gasteiger partial charge in [0.05, 0.1) is 6.04 Å². The molecule has 1 heterocycles. The second-order valence-electron chi connectivity index (χ2n) is 5.29. The quantitative estimate of drug-likeness (QED) is 0.493. The first-order chi connectivity index (χ1) is 7.80. The molecule has 0 aliphatic carbocycles.